The summed E-state index contributed by atoms with van der Waals surface area (Å²) in [5.74, 6) is -0.0765. The van der Waals surface area contributed by atoms with Crippen molar-refractivity contribution in [3.63, 3.8) is 0 Å². The Morgan fingerprint density at radius 3 is 1.69 bits per heavy atom. The summed E-state index contributed by atoms with van der Waals surface area (Å²) < 4.78 is 5.77. The average molecular weight is 386 g/mol. The highest BCUT2D eigenvalue weighted by Crippen LogP contribution is 2.26. The molecule has 0 bridgehead atoms. The van der Waals surface area contributed by atoms with E-state index in [2.05, 4.69) is 77.7 Å². The topological polar surface area (TPSA) is 29.5 Å². The van der Waals surface area contributed by atoms with Gasteiger partial charge in [-0.05, 0) is 29.5 Å². The van der Waals surface area contributed by atoms with E-state index < -0.39 is 0 Å². The highest BCUT2D eigenvalue weighted by molar-refractivity contribution is 5.71. The van der Waals surface area contributed by atoms with E-state index in [4.69, 9.17) is 4.74 Å². The molecule has 1 aliphatic rings. The van der Waals surface area contributed by atoms with E-state index in [0.29, 0.717) is 6.42 Å². The molecular formula is C26H27NO2. The number of ether oxygens (including phenoxy) is 1. The molecule has 4 rings (SSSR count). The van der Waals surface area contributed by atoms with E-state index in [-0.39, 0.29) is 18.1 Å². The van der Waals surface area contributed by atoms with E-state index in [1.165, 1.54) is 16.7 Å². The zero-order valence-electron chi connectivity index (χ0n) is 16.6. The maximum absolute atomic E-state index is 11.9. The summed E-state index contributed by atoms with van der Waals surface area (Å²) in [6.45, 7) is 1.64. The summed E-state index contributed by atoms with van der Waals surface area (Å²) in [7, 11) is 0. The minimum absolute atomic E-state index is 0.0740. The first-order valence-electron chi connectivity index (χ1n) is 10.3. The van der Waals surface area contributed by atoms with Crippen LogP contribution >= 0.6 is 0 Å². The number of rotatable bonds is 8. The van der Waals surface area contributed by atoms with Crippen molar-refractivity contribution in [3.8, 4) is 0 Å². The van der Waals surface area contributed by atoms with Crippen molar-refractivity contribution in [2.75, 3.05) is 0 Å². The minimum atomic E-state index is -0.0765. The van der Waals surface area contributed by atoms with Gasteiger partial charge in [0.25, 0.3) is 0 Å². The molecule has 148 valence electrons. The molecule has 29 heavy (non-hydrogen) atoms. The van der Waals surface area contributed by atoms with Crippen molar-refractivity contribution in [2.24, 2.45) is 0 Å². The number of hydrogen-bond acceptors (Lipinski definition) is 3. The van der Waals surface area contributed by atoms with E-state index in [1.807, 2.05) is 18.2 Å². The Morgan fingerprint density at radius 1 is 0.759 bits per heavy atom. The molecule has 1 heterocycles. The van der Waals surface area contributed by atoms with Gasteiger partial charge in [0.1, 0.15) is 6.10 Å². The highest BCUT2D eigenvalue weighted by Gasteiger charge is 2.35. The predicted octanol–water partition coefficient (Wildman–Crippen LogP) is 5.01. The predicted molar refractivity (Wildman–Crippen MR) is 115 cm³/mol. The number of carbonyl (C=O) groups is 1. The number of nitrogens with zero attached hydrogens (tertiary/aromatic N) is 1. The molecule has 0 unspecified atom stereocenters. The fraction of sp³-hybridized carbons (Fsp3) is 0.269. The number of carbonyl (C=O) groups excluding carboxylic acids is 1. The third-order valence-corrected chi connectivity index (χ3v) is 5.56. The molecule has 0 amide bonds. The molecule has 0 radical (unpaired) electrons. The molecule has 0 spiro atoms. The van der Waals surface area contributed by atoms with Gasteiger partial charge in [-0.25, -0.2) is 0 Å². The minimum Gasteiger partial charge on any atom is -0.461 e. The van der Waals surface area contributed by atoms with Crippen LogP contribution in [0.4, 0.5) is 0 Å². The van der Waals surface area contributed by atoms with Crippen LogP contribution in [0.15, 0.2) is 91.0 Å². The molecular weight excluding hydrogens is 358 g/mol. The second kappa shape index (κ2) is 9.53. The third-order valence-electron chi connectivity index (χ3n) is 5.56. The van der Waals surface area contributed by atoms with Crippen LogP contribution in [0.3, 0.4) is 0 Å². The molecule has 1 saturated heterocycles. The van der Waals surface area contributed by atoms with Crippen molar-refractivity contribution in [3.05, 3.63) is 108 Å². The van der Waals surface area contributed by atoms with Gasteiger partial charge in [0.05, 0.1) is 6.04 Å². The van der Waals surface area contributed by atoms with Crippen molar-refractivity contribution >= 4 is 5.97 Å². The lowest BCUT2D eigenvalue weighted by Gasteiger charge is -2.35. The van der Waals surface area contributed by atoms with E-state index in [0.717, 1.165) is 25.9 Å². The molecule has 1 aliphatic heterocycles. The van der Waals surface area contributed by atoms with Crippen LogP contribution in [0.2, 0.25) is 0 Å². The van der Waals surface area contributed by atoms with Gasteiger partial charge >= 0.3 is 5.97 Å². The summed E-state index contributed by atoms with van der Waals surface area (Å²) in [4.78, 5) is 14.4. The Hall–Kier alpha value is -2.91. The van der Waals surface area contributed by atoms with Gasteiger partial charge in [0, 0.05) is 19.5 Å². The lowest BCUT2D eigenvalue weighted by Crippen LogP contribution is -2.44. The van der Waals surface area contributed by atoms with Crippen LogP contribution in [0.1, 0.15) is 29.5 Å². The average Bonchev–Trinajstić information content (AvgIpc) is 3.20. The Morgan fingerprint density at radius 2 is 1.24 bits per heavy atom. The van der Waals surface area contributed by atoms with Crippen LogP contribution in [0, 0.1) is 0 Å². The fourth-order valence-electron chi connectivity index (χ4n) is 4.10. The Kier molecular flexibility index (Phi) is 6.38. The monoisotopic (exact) mass is 385 g/mol. The van der Waals surface area contributed by atoms with Crippen molar-refractivity contribution < 1.29 is 9.53 Å². The van der Waals surface area contributed by atoms with Gasteiger partial charge in [-0.15, -0.1) is 0 Å². The second-order valence-electron chi connectivity index (χ2n) is 7.70. The molecule has 0 saturated carbocycles. The van der Waals surface area contributed by atoms with Gasteiger partial charge in [-0.3, -0.25) is 9.69 Å². The summed E-state index contributed by atoms with van der Waals surface area (Å²) >= 11 is 0. The number of cyclic esters (lactones) is 1. The normalized spacial score (nSPS) is 17.3. The largest absolute Gasteiger partial charge is 0.461 e. The number of hydrogen-bond donors (Lipinski definition) is 0. The molecule has 3 heteroatoms. The maximum atomic E-state index is 11.9. The molecule has 3 nitrogen and oxygen atoms in total. The summed E-state index contributed by atoms with van der Waals surface area (Å²) in [6, 6.07) is 31.7. The third kappa shape index (κ3) is 5.33. The number of benzene rings is 3. The molecule has 1 fully saturated rings. The lowest BCUT2D eigenvalue weighted by molar-refractivity contribution is -0.144. The van der Waals surface area contributed by atoms with Crippen LogP contribution in [0.25, 0.3) is 0 Å². The standard InChI is InChI=1S/C26H27NO2/c28-26-17-16-25(29-26)24(18-21-10-4-1-5-11-21)27(19-22-12-6-2-7-13-22)20-23-14-8-3-9-15-23/h1-15,24-25H,16-20H2/t24-,25+/m0/s1. The smallest absolute Gasteiger partial charge is 0.306 e. The summed E-state index contributed by atoms with van der Waals surface area (Å²) in [6.07, 6.45) is 2.09. The van der Waals surface area contributed by atoms with Crippen LogP contribution in [0.5, 0.6) is 0 Å². The van der Waals surface area contributed by atoms with E-state index >= 15 is 0 Å². The first-order valence-corrected chi connectivity index (χ1v) is 10.3. The number of esters is 1. The summed E-state index contributed by atoms with van der Waals surface area (Å²) in [5, 5.41) is 0. The first kappa shape index (κ1) is 19.4. The highest BCUT2D eigenvalue weighted by atomic mass is 16.6. The zero-order chi connectivity index (χ0) is 19.9. The van der Waals surface area contributed by atoms with Gasteiger partial charge in [0.15, 0.2) is 0 Å². The molecule has 3 aromatic rings. The van der Waals surface area contributed by atoms with Gasteiger partial charge in [-0.2, -0.15) is 0 Å². The molecule has 0 N–H and O–H groups in total. The SMILES string of the molecule is O=C1CC[C@H]([C@H](Cc2ccccc2)N(Cc2ccccc2)Cc2ccccc2)O1. The Balaban J connectivity index is 1.64. The molecule has 2 atom stereocenters. The van der Waals surface area contributed by atoms with Crippen molar-refractivity contribution in [2.45, 2.75) is 44.5 Å². The molecule has 0 aromatic heterocycles. The Labute approximate surface area is 172 Å². The fourth-order valence-corrected chi connectivity index (χ4v) is 4.10. The van der Waals surface area contributed by atoms with Crippen LogP contribution in [-0.4, -0.2) is 23.0 Å². The lowest BCUT2D eigenvalue weighted by atomic mass is 9.96. The van der Waals surface area contributed by atoms with E-state index in [1.54, 1.807) is 0 Å². The zero-order valence-corrected chi connectivity index (χ0v) is 16.6. The summed E-state index contributed by atoms with van der Waals surface area (Å²) in [5.41, 5.74) is 3.81. The van der Waals surface area contributed by atoms with Crippen LogP contribution < -0.4 is 0 Å². The van der Waals surface area contributed by atoms with Gasteiger partial charge in [-0.1, -0.05) is 91.0 Å². The van der Waals surface area contributed by atoms with Gasteiger partial charge in [0.2, 0.25) is 0 Å². The first-order chi connectivity index (χ1) is 14.3. The van der Waals surface area contributed by atoms with Crippen molar-refractivity contribution in [1.29, 1.82) is 0 Å². The molecule has 3 aromatic carbocycles. The van der Waals surface area contributed by atoms with Crippen molar-refractivity contribution in [1.82, 2.24) is 4.90 Å². The second-order valence-corrected chi connectivity index (χ2v) is 7.70. The Bertz CT molecular complexity index is 854. The maximum Gasteiger partial charge on any atom is 0.306 e. The van der Waals surface area contributed by atoms with Crippen LogP contribution in [-0.2, 0) is 29.0 Å². The quantitative estimate of drug-likeness (QED) is 0.511. The van der Waals surface area contributed by atoms with Gasteiger partial charge < -0.3 is 4.74 Å². The van der Waals surface area contributed by atoms with E-state index in [9.17, 15) is 4.79 Å². The molecule has 0 aliphatic carbocycles.